The summed E-state index contributed by atoms with van der Waals surface area (Å²) >= 11 is 1.52. The Bertz CT molecular complexity index is 434. The van der Waals surface area contributed by atoms with Gasteiger partial charge in [-0.1, -0.05) is 0 Å². The van der Waals surface area contributed by atoms with Crippen molar-refractivity contribution in [2.24, 2.45) is 0 Å². The summed E-state index contributed by atoms with van der Waals surface area (Å²) in [6.07, 6.45) is 1.82. The highest BCUT2D eigenvalue weighted by molar-refractivity contribution is 7.09. The van der Waals surface area contributed by atoms with Crippen molar-refractivity contribution in [2.45, 2.75) is 13.3 Å². The van der Waals surface area contributed by atoms with Crippen LogP contribution in [0.1, 0.15) is 17.1 Å². The molecule has 2 amide bonds. The maximum Gasteiger partial charge on any atom is 0.254 e. The molecule has 1 aromatic rings. The summed E-state index contributed by atoms with van der Waals surface area (Å²) in [4.78, 5) is 26.2. The van der Waals surface area contributed by atoms with Crippen LogP contribution in [0.2, 0.25) is 0 Å². The number of carbonyl (C=O) groups is 2. The Labute approximate surface area is 84.7 Å². The van der Waals surface area contributed by atoms with E-state index in [1.54, 1.807) is 6.08 Å². The second-order valence-corrected chi connectivity index (χ2v) is 4.08. The second kappa shape index (κ2) is 3.34. The summed E-state index contributed by atoms with van der Waals surface area (Å²) in [5, 5.41) is 5.03. The monoisotopic (exact) mass is 208 g/mol. The van der Waals surface area contributed by atoms with E-state index >= 15 is 0 Å². The molecule has 5 heteroatoms. The number of hydrogen-bond donors (Lipinski definition) is 1. The molecule has 0 atom stereocenters. The SMILES string of the molecule is Cc1nc(C=C2CC(=O)NC2=O)cs1. The standard InChI is InChI=1S/C9H8N2O2S/c1-5-10-7(4-14-5)2-6-3-8(12)11-9(6)13/h2,4H,3H2,1H3,(H,11,12,13). The molecule has 0 aromatic carbocycles. The minimum absolute atomic E-state index is 0.162. The van der Waals surface area contributed by atoms with Crippen molar-refractivity contribution < 1.29 is 9.59 Å². The van der Waals surface area contributed by atoms with Crippen LogP contribution in [0, 0.1) is 6.92 Å². The number of aryl methyl sites for hydroxylation is 1. The Morgan fingerprint density at radius 3 is 2.86 bits per heavy atom. The highest BCUT2D eigenvalue weighted by Crippen LogP contribution is 2.16. The number of nitrogens with one attached hydrogen (secondary N) is 1. The number of rotatable bonds is 1. The van der Waals surface area contributed by atoms with Gasteiger partial charge < -0.3 is 0 Å². The van der Waals surface area contributed by atoms with Crippen molar-refractivity contribution in [3.8, 4) is 0 Å². The molecule has 0 spiro atoms. The number of carbonyl (C=O) groups excluding carboxylic acids is 2. The molecule has 1 aromatic heterocycles. The van der Waals surface area contributed by atoms with E-state index in [1.807, 2.05) is 12.3 Å². The largest absolute Gasteiger partial charge is 0.292 e. The molecular weight excluding hydrogens is 200 g/mol. The van der Waals surface area contributed by atoms with Crippen molar-refractivity contribution in [1.82, 2.24) is 10.3 Å². The van der Waals surface area contributed by atoms with Crippen LogP contribution in [0.25, 0.3) is 6.08 Å². The van der Waals surface area contributed by atoms with Crippen molar-refractivity contribution in [3.63, 3.8) is 0 Å². The van der Waals surface area contributed by atoms with E-state index in [0.29, 0.717) is 5.57 Å². The predicted octanol–water partition coefficient (Wildman–Crippen LogP) is 0.881. The maximum absolute atomic E-state index is 11.2. The van der Waals surface area contributed by atoms with Gasteiger partial charge in [0.05, 0.1) is 17.1 Å². The Kier molecular flexibility index (Phi) is 2.17. The van der Waals surface area contributed by atoms with E-state index in [4.69, 9.17) is 0 Å². The fourth-order valence-corrected chi connectivity index (χ4v) is 1.82. The highest BCUT2D eigenvalue weighted by Gasteiger charge is 2.23. The minimum Gasteiger partial charge on any atom is -0.292 e. The first kappa shape index (κ1) is 9.08. The van der Waals surface area contributed by atoms with Crippen molar-refractivity contribution in [2.75, 3.05) is 0 Å². The number of nitrogens with zero attached hydrogens (tertiary/aromatic N) is 1. The molecule has 0 aliphatic carbocycles. The molecule has 2 heterocycles. The van der Waals surface area contributed by atoms with Crippen LogP contribution in [0.4, 0.5) is 0 Å². The third-order valence-corrected chi connectivity index (χ3v) is 2.65. The molecule has 1 aliphatic rings. The molecule has 0 saturated carbocycles. The van der Waals surface area contributed by atoms with Crippen LogP contribution in [0.5, 0.6) is 0 Å². The zero-order chi connectivity index (χ0) is 10.1. The molecule has 4 nitrogen and oxygen atoms in total. The molecule has 2 rings (SSSR count). The van der Waals surface area contributed by atoms with E-state index in [0.717, 1.165) is 10.7 Å². The molecule has 1 saturated heterocycles. The van der Waals surface area contributed by atoms with Gasteiger partial charge >= 0.3 is 0 Å². The summed E-state index contributed by atoms with van der Waals surface area (Å²) < 4.78 is 0. The van der Waals surface area contributed by atoms with Gasteiger partial charge in [0, 0.05) is 11.0 Å². The fourth-order valence-electron chi connectivity index (χ4n) is 1.25. The van der Waals surface area contributed by atoms with Crippen molar-refractivity contribution in [1.29, 1.82) is 0 Å². The molecule has 0 radical (unpaired) electrons. The lowest BCUT2D eigenvalue weighted by Gasteiger charge is -1.88. The van der Waals surface area contributed by atoms with E-state index in [-0.39, 0.29) is 18.2 Å². The molecule has 0 bridgehead atoms. The van der Waals surface area contributed by atoms with Gasteiger partial charge in [0.2, 0.25) is 5.91 Å². The maximum atomic E-state index is 11.2. The lowest BCUT2D eigenvalue weighted by atomic mass is 10.2. The van der Waals surface area contributed by atoms with Gasteiger partial charge in [0.15, 0.2) is 0 Å². The molecular formula is C9H8N2O2S. The Morgan fingerprint density at radius 2 is 2.36 bits per heavy atom. The van der Waals surface area contributed by atoms with Crippen LogP contribution in [-0.4, -0.2) is 16.8 Å². The van der Waals surface area contributed by atoms with Crippen LogP contribution in [0.3, 0.4) is 0 Å². The first-order valence-corrected chi connectivity index (χ1v) is 5.00. The zero-order valence-electron chi connectivity index (χ0n) is 7.53. The lowest BCUT2D eigenvalue weighted by molar-refractivity contribution is -0.124. The smallest absolute Gasteiger partial charge is 0.254 e. The summed E-state index contributed by atoms with van der Waals surface area (Å²) in [6, 6.07) is 0. The summed E-state index contributed by atoms with van der Waals surface area (Å²) in [7, 11) is 0. The van der Waals surface area contributed by atoms with Gasteiger partial charge in [0.25, 0.3) is 5.91 Å². The normalized spacial score (nSPS) is 19.1. The second-order valence-electron chi connectivity index (χ2n) is 3.02. The van der Waals surface area contributed by atoms with Gasteiger partial charge in [-0.2, -0.15) is 0 Å². The lowest BCUT2D eigenvalue weighted by Crippen LogP contribution is -2.19. The van der Waals surface area contributed by atoms with Gasteiger partial charge in [-0.15, -0.1) is 11.3 Å². The van der Waals surface area contributed by atoms with E-state index in [2.05, 4.69) is 10.3 Å². The van der Waals surface area contributed by atoms with E-state index < -0.39 is 0 Å². The molecule has 72 valence electrons. The number of thiazole rings is 1. The average molecular weight is 208 g/mol. The average Bonchev–Trinajstić information content (AvgIpc) is 2.61. The Morgan fingerprint density at radius 1 is 1.57 bits per heavy atom. The molecule has 0 unspecified atom stereocenters. The number of aromatic nitrogens is 1. The van der Waals surface area contributed by atoms with Crippen molar-refractivity contribution >= 4 is 29.2 Å². The van der Waals surface area contributed by atoms with Crippen LogP contribution in [0.15, 0.2) is 11.0 Å². The fraction of sp³-hybridized carbons (Fsp3) is 0.222. The Hall–Kier alpha value is -1.49. The van der Waals surface area contributed by atoms with Crippen LogP contribution in [-0.2, 0) is 9.59 Å². The van der Waals surface area contributed by atoms with E-state index in [9.17, 15) is 9.59 Å². The van der Waals surface area contributed by atoms with Gasteiger partial charge in [-0.3, -0.25) is 14.9 Å². The summed E-state index contributed by atoms with van der Waals surface area (Å²) in [5.74, 6) is -0.547. The van der Waals surface area contributed by atoms with Gasteiger partial charge in [-0.05, 0) is 13.0 Å². The number of imide groups is 1. The molecule has 14 heavy (non-hydrogen) atoms. The number of hydrogen-bond acceptors (Lipinski definition) is 4. The molecule has 1 aliphatic heterocycles. The first-order valence-electron chi connectivity index (χ1n) is 4.12. The summed E-state index contributed by atoms with van der Waals surface area (Å²) in [5.41, 5.74) is 1.23. The van der Waals surface area contributed by atoms with Crippen LogP contribution < -0.4 is 5.32 Å². The van der Waals surface area contributed by atoms with Gasteiger partial charge in [0.1, 0.15) is 0 Å². The zero-order valence-corrected chi connectivity index (χ0v) is 8.35. The summed E-state index contributed by atoms with van der Waals surface area (Å²) in [6.45, 7) is 1.90. The van der Waals surface area contributed by atoms with Crippen LogP contribution >= 0.6 is 11.3 Å². The van der Waals surface area contributed by atoms with Crippen molar-refractivity contribution in [3.05, 3.63) is 21.7 Å². The Balaban J connectivity index is 2.27. The molecule has 1 fully saturated rings. The number of amides is 2. The van der Waals surface area contributed by atoms with Gasteiger partial charge in [-0.25, -0.2) is 4.98 Å². The third kappa shape index (κ3) is 1.72. The van der Waals surface area contributed by atoms with E-state index in [1.165, 1.54) is 11.3 Å². The first-order chi connectivity index (χ1) is 6.65. The molecule has 1 N–H and O–H groups in total. The third-order valence-electron chi connectivity index (χ3n) is 1.85. The highest BCUT2D eigenvalue weighted by atomic mass is 32.1. The quantitative estimate of drug-likeness (QED) is 0.550. The minimum atomic E-state index is -0.305. The predicted molar refractivity (Wildman–Crippen MR) is 52.6 cm³/mol. The topological polar surface area (TPSA) is 59.1 Å².